The van der Waals surface area contributed by atoms with Crippen molar-refractivity contribution in [2.45, 2.75) is 65.1 Å². The molecular formula is C22H26F3N5O2. The number of piperidine rings is 1. The summed E-state index contributed by atoms with van der Waals surface area (Å²) < 4.78 is 48.6. The van der Waals surface area contributed by atoms with E-state index in [-0.39, 0.29) is 47.6 Å². The normalized spacial score (nSPS) is 17.5. The van der Waals surface area contributed by atoms with Gasteiger partial charge in [0.2, 0.25) is 5.91 Å². The van der Waals surface area contributed by atoms with Gasteiger partial charge in [0.15, 0.2) is 0 Å². The SMILES string of the molecule is Cc1cc(C)n(CC(=O)N2CCC[C@H](c3noc4nc(C(C)C)cc(C(F)(F)F)c34)C2)n1. The van der Waals surface area contributed by atoms with Crippen molar-refractivity contribution in [2.24, 2.45) is 0 Å². The molecule has 1 aliphatic heterocycles. The number of rotatable bonds is 4. The number of amides is 1. The number of likely N-dealkylation sites (tertiary alicyclic amines) is 1. The second-order valence-electron chi connectivity index (χ2n) is 8.76. The number of carbonyl (C=O) groups is 1. The van der Waals surface area contributed by atoms with E-state index in [1.807, 2.05) is 19.9 Å². The zero-order chi connectivity index (χ0) is 23.2. The predicted molar refractivity (Wildman–Crippen MR) is 111 cm³/mol. The van der Waals surface area contributed by atoms with Gasteiger partial charge in [-0.1, -0.05) is 19.0 Å². The Kier molecular flexibility index (Phi) is 5.72. The Morgan fingerprint density at radius 2 is 2.03 bits per heavy atom. The molecule has 0 aromatic carbocycles. The molecule has 0 saturated carbocycles. The van der Waals surface area contributed by atoms with Crippen LogP contribution in [0.1, 0.15) is 66.9 Å². The summed E-state index contributed by atoms with van der Waals surface area (Å²) in [6.07, 6.45) is -3.28. The molecule has 1 aliphatic rings. The minimum absolute atomic E-state index is 0.0963. The third-order valence-corrected chi connectivity index (χ3v) is 5.94. The van der Waals surface area contributed by atoms with Gasteiger partial charge in [0, 0.05) is 30.4 Å². The van der Waals surface area contributed by atoms with E-state index < -0.39 is 11.7 Å². The molecule has 3 aromatic heterocycles. The first-order valence-electron chi connectivity index (χ1n) is 10.7. The van der Waals surface area contributed by atoms with Crippen LogP contribution in [0.3, 0.4) is 0 Å². The van der Waals surface area contributed by atoms with Gasteiger partial charge < -0.3 is 9.42 Å². The third-order valence-electron chi connectivity index (χ3n) is 5.94. The van der Waals surface area contributed by atoms with Crippen molar-refractivity contribution in [1.82, 2.24) is 24.8 Å². The Hall–Kier alpha value is -2.91. The van der Waals surface area contributed by atoms with Crippen molar-refractivity contribution in [3.63, 3.8) is 0 Å². The zero-order valence-electron chi connectivity index (χ0n) is 18.5. The summed E-state index contributed by atoms with van der Waals surface area (Å²) in [6, 6.07) is 2.98. The lowest BCUT2D eigenvalue weighted by molar-refractivity contribution is -0.136. The molecule has 4 rings (SSSR count). The lowest BCUT2D eigenvalue weighted by Crippen LogP contribution is -2.41. The van der Waals surface area contributed by atoms with Gasteiger partial charge in [-0.15, -0.1) is 0 Å². The molecule has 32 heavy (non-hydrogen) atoms. The molecule has 0 spiro atoms. The molecule has 1 saturated heterocycles. The summed E-state index contributed by atoms with van der Waals surface area (Å²) in [5.41, 5.74) is 1.34. The van der Waals surface area contributed by atoms with Crippen molar-refractivity contribution in [3.05, 3.63) is 40.5 Å². The summed E-state index contributed by atoms with van der Waals surface area (Å²) >= 11 is 0. The van der Waals surface area contributed by atoms with Crippen molar-refractivity contribution in [1.29, 1.82) is 0 Å². The van der Waals surface area contributed by atoms with E-state index >= 15 is 0 Å². The van der Waals surface area contributed by atoms with Crippen molar-refractivity contribution in [3.8, 4) is 0 Å². The van der Waals surface area contributed by atoms with Crippen LogP contribution >= 0.6 is 0 Å². The van der Waals surface area contributed by atoms with Crippen LogP contribution in [0.25, 0.3) is 11.1 Å². The summed E-state index contributed by atoms with van der Waals surface area (Å²) in [7, 11) is 0. The van der Waals surface area contributed by atoms with Crippen LogP contribution in [0.2, 0.25) is 0 Å². The van der Waals surface area contributed by atoms with Crippen LogP contribution < -0.4 is 0 Å². The van der Waals surface area contributed by atoms with E-state index in [2.05, 4.69) is 15.2 Å². The molecule has 1 amide bonds. The molecule has 0 aliphatic carbocycles. The Labute approximate surface area is 183 Å². The number of fused-ring (bicyclic) bond motifs is 1. The second-order valence-corrected chi connectivity index (χ2v) is 8.76. The minimum atomic E-state index is -4.56. The van der Waals surface area contributed by atoms with Crippen molar-refractivity contribution >= 4 is 17.0 Å². The molecule has 0 radical (unpaired) electrons. The molecular weight excluding hydrogens is 423 g/mol. The summed E-state index contributed by atoms with van der Waals surface area (Å²) in [4.78, 5) is 18.8. The smallest absolute Gasteiger partial charge is 0.340 e. The monoisotopic (exact) mass is 449 g/mol. The number of halogens is 3. The number of hydrogen-bond donors (Lipinski definition) is 0. The molecule has 0 unspecified atom stereocenters. The lowest BCUT2D eigenvalue weighted by Gasteiger charge is -2.32. The Morgan fingerprint density at radius 1 is 1.28 bits per heavy atom. The van der Waals surface area contributed by atoms with Gasteiger partial charge in [0.1, 0.15) is 6.54 Å². The highest BCUT2D eigenvalue weighted by Crippen LogP contribution is 2.40. The second kappa shape index (κ2) is 8.22. The van der Waals surface area contributed by atoms with E-state index in [4.69, 9.17) is 4.52 Å². The van der Waals surface area contributed by atoms with Crippen LogP contribution in [0.5, 0.6) is 0 Å². The first-order valence-corrected chi connectivity index (χ1v) is 10.7. The highest BCUT2D eigenvalue weighted by molar-refractivity contribution is 5.82. The van der Waals surface area contributed by atoms with Crippen molar-refractivity contribution in [2.75, 3.05) is 13.1 Å². The average Bonchev–Trinajstić information content (AvgIpc) is 3.29. The van der Waals surface area contributed by atoms with Crippen LogP contribution in [0.4, 0.5) is 13.2 Å². The molecule has 7 nitrogen and oxygen atoms in total. The van der Waals surface area contributed by atoms with Gasteiger partial charge in [0.25, 0.3) is 5.71 Å². The maximum Gasteiger partial charge on any atom is 0.417 e. The number of pyridine rings is 1. The number of hydrogen-bond acceptors (Lipinski definition) is 5. The molecule has 172 valence electrons. The summed E-state index contributed by atoms with van der Waals surface area (Å²) in [5, 5.41) is 8.22. The Morgan fingerprint density at radius 3 is 2.66 bits per heavy atom. The van der Waals surface area contributed by atoms with E-state index in [0.717, 1.165) is 17.5 Å². The maximum atomic E-state index is 13.9. The minimum Gasteiger partial charge on any atom is -0.340 e. The molecule has 3 aromatic rings. The fourth-order valence-corrected chi connectivity index (χ4v) is 4.28. The third kappa shape index (κ3) is 4.22. The van der Waals surface area contributed by atoms with Crippen LogP contribution in [-0.2, 0) is 17.5 Å². The Bertz CT molecular complexity index is 1150. The largest absolute Gasteiger partial charge is 0.417 e. The van der Waals surface area contributed by atoms with Crippen molar-refractivity contribution < 1.29 is 22.5 Å². The average molecular weight is 449 g/mol. The number of aromatic nitrogens is 4. The van der Waals surface area contributed by atoms with Crippen LogP contribution in [0, 0.1) is 13.8 Å². The number of carbonyl (C=O) groups excluding carboxylic acids is 1. The summed E-state index contributed by atoms with van der Waals surface area (Å²) in [5.74, 6) is -0.668. The number of alkyl halides is 3. The van der Waals surface area contributed by atoms with Gasteiger partial charge in [-0.25, -0.2) is 4.98 Å². The molecule has 4 heterocycles. The van der Waals surface area contributed by atoms with E-state index in [0.29, 0.717) is 25.1 Å². The first-order chi connectivity index (χ1) is 15.0. The lowest BCUT2D eigenvalue weighted by atomic mass is 9.91. The quantitative estimate of drug-likeness (QED) is 0.583. The summed E-state index contributed by atoms with van der Waals surface area (Å²) in [6.45, 7) is 8.22. The highest BCUT2D eigenvalue weighted by atomic mass is 19.4. The van der Waals surface area contributed by atoms with E-state index in [1.54, 1.807) is 23.4 Å². The van der Waals surface area contributed by atoms with Gasteiger partial charge >= 0.3 is 6.18 Å². The topological polar surface area (TPSA) is 77.0 Å². The van der Waals surface area contributed by atoms with Crippen LogP contribution in [-0.4, -0.2) is 43.8 Å². The molecule has 1 atom stereocenters. The molecule has 10 heteroatoms. The first kappa shape index (κ1) is 22.3. The van der Waals surface area contributed by atoms with E-state index in [1.165, 1.54) is 0 Å². The zero-order valence-corrected chi connectivity index (χ0v) is 18.5. The number of nitrogens with zero attached hydrogens (tertiary/aromatic N) is 5. The van der Waals surface area contributed by atoms with E-state index in [9.17, 15) is 18.0 Å². The fourth-order valence-electron chi connectivity index (χ4n) is 4.28. The fraction of sp³-hybridized carbons (Fsp3) is 0.545. The predicted octanol–water partition coefficient (Wildman–Crippen LogP) is 4.58. The highest BCUT2D eigenvalue weighted by Gasteiger charge is 2.38. The van der Waals surface area contributed by atoms with Gasteiger partial charge in [-0.2, -0.15) is 18.3 Å². The van der Waals surface area contributed by atoms with Crippen LogP contribution in [0.15, 0.2) is 16.7 Å². The standard InChI is InChI=1S/C22H26F3N5O2/c1-12(2)17-9-16(22(23,24)25)19-20(28-32-21(19)26-17)15-6-5-7-29(10-15)18(31)11-30-14(4)8-13(3)27-30/h8-9,12,15H,5-7,10-11H2,1-4H3/t15-/m0/s1. The van der Waals surface area contributed by atoms with Gasteiger partial charge in [-0.3, -0.25) is 9.48 Å². The number of aryl methyl sites for hydroxylation is 2. The molecule has 0 N–H and O–H groups in total. The Balaban J connectivity index is 1.64. The molecule has 1 fully saturated rings. The maximum absolute atomic E-state index is 13.9. The van der Waals surface area contributed by atoms with Gasteiger partial charge in [0.05, 0.1) is 22.3 Å². The molecule has 0 bridgehead atoms. The van der Waals surface area contributed by atoms with Gasteiger partial charge in [-0.05, 0) is 44.7 Å².